The Labute approximate surface area is 184 Å². The number of unbranched alkanes of at least 4 members (excludes halogenated alkanes) is 1. The van der Waals surface area contributed by atoms with Crippen molar-refractivity contribution in [3.05, 3.63) is 0 Å². The van der Waals surface area contributed by atoms with Crippen molar-refractivity contribution >= 4 is 11.8 Å². The molecule has 11 N–H and O–H groups in total. The molecule has 0 aliphatic carbocycles. The van der Waals surface area contributed by atoms with Crippen LogP contribution in [0.25, 0.3) is 0 Å². The molecular formula is C18H34N2O12. The smallest absolute Gasteiger partial charge is 0.320 e. The lowest BCUT2D eigenvalue weighted by Gasteiger charge is -2.41. The van der Waals surface area contributed by atoms with Gasteiger partial charge in [0.1, 0.15) is 48.8 Å². The average molecular weight is 470 g/mol. The summed E-state index contributed by atoms with van der Waals surface area (Å²) in [5.74, 6) is -1.93. The highest BCUT2D eigenvalue weighted by molar-refractivity contribution is 5.85. The lowest BCUT2D eigenvalue weighted by atomic mass is 9.98. The molecular weight excluding hydrogens is 436 g/mol. The number of nitrogens with two attached hydrogens (primary N) is 1. The number of carbonyl (C=O) groups is 2. The molecule has 14 heteroatoms. The van der Waals surface area contributed by atoms with Gasteiger partial charge in [-0.05, 0) is 19.4 Å². The zero-order valence-electron chi connectivity index (χ0n) is 17.4. The molecule has 14 nitrogen and oxygen atoms in total. The summed E-state index contributed by atoms with van der Waals surface area (Å²) in [5.41, 5.74) is 5.38. The van der Waals surface area contributed by atoms with Crippen molar-refractivity contribution in [1.82, 2.24) is 5.32 Å². The molecule has 9 atom stereocenters. The third kappa shape index (κ3) is 8.24. The zero-order valence-corrected chi connectivity index (χ0v) is 17.4. The van der Waals surface area contributed by atoms with Gasteiger partial charge in [0.15, 0.2) is 12.1 Å². The van der Waals surface area contributed by atoms with E-state index in [4.69, 9.17) is 20.3 Å². The molecule has 1 aliphatic rings. The first-order valence-corrected chi connectivity index (χ1v) is 10.2. The number of carboxylic acids is 1. The molecule has 1 unspecified atom stereocenters. The van der Waals surface area contributed by atoms with Crippen LogP contribution in [-0.2, 0) is 19.1 Å². The number of hydrogen-bond donors (Lipinski definition) is 10. The number of carbonyl (C=O) groups excluding carboxylic acids is 1. The Morgan fingerprint density at radius 2 is 1.72 bits per heavy atom. The number of aliphatic hydroxyl groups excluding tert-OH is 7. The van der Waals surface area contributed by atoms with Crippen LogP contribution in [0.3, 0.4) is 0 Å². The van der Waals surface area contributed by atoms with Crippen molar-refractivity contribution in [1.29, 1.82) is 0 Å². The summed E-state index contributed by atoms with van der Waals surface area (Å²) in [4.78, 5) is 22.9. The third-order valence-corrected chi connectivity index (χ3v) is 5.08. The second-order valence-electron chi connectivity index (χ2n) is 7.58. The Bertz CT molecular complexity index is 580. The summed E-state index contributed by atoms with van der Waals surface area (Å²) >= 11 is 0. The predicted octanol–water partition coefficient (Wildman–Crippen LogP) is -5.37. The van der Waals surface area contributed by atoms with Crippen LogP contribution in [0.5, 0.6) is 0 Å². The van der Waals surface area contributed by atoms with E-state index in [0.717, 1.165) is 0 Å². The summed E-state index contributed by atoms with van der Waals surface area (Å²) in [7, 11) is 0. The molecule has 0 aromatic carbocycles. The fourth-order valence-electron chi connectivity index (χ4n) is 3.05. The molecule has 1 heterocycles. The maximum Gasteiger partial charge on any atom is 0.320 e. The van der Waals surface area contributed by atoms with E-state index in [1.165, 1.54) is 0 Å². The van der Waals surface area contributed by atoms with Crippen molar-refractivity contribution in [2.45, 2.75) is 74.3 Å². The topological polar surface area (TPSA) is 252 Å². The van der Waals surface area contributed by atoms with Crippen LogP contribution in [0.4, 0.5) is 0 Å². The van der Waals surface area contributed by atoms with Gasteiger partial charge in [0, 0.05) is 0 Å². The van der Waals surface area contributed by atoms with Gasteiger partial charge in [-0.15, -0.1) is 0 Å². The Morgan fingerprint density at radius 3 is 2.28 bits per heavy atom. The van der Waals surface area contributed by atoms with Crippen LogP contribution in [0, 0.1) is 0 Å². The van der Waals surface area contributed by atoms with E-state index in [2.05, 4.69) is 5.32 Å². The van der Waals surface area contributed by atoms with Crippen LogP contribution in [0.15, 0.2) is 0 Å². The highest BCUT2D eigenvalue weighted by Gasteiger charge is 2.46. The van der Waals surface area contributed by atoms with Crippen molar-refractivity contribution in [3.63, 3.8) is 0 Å². The van der Waals surface area contributed by atoms with Crippen molar-refractivity contribution in [2.24, 2.45) is 5.73 Å². The minimum atomic E-state index is -1.96. The Kier molecular flexibility index (Phi) is 12.6. The molecule has 32 heavy (non-hydrogen) atoms. The van der Waals surface area contributed by atoms with E-state index in [-0.39, 0.29) is 13.0 Å². The first-order chi connectivity index (χ1) is 15.0. The number of aliphatic carboxylic acids is 1. The van der Waals surface area contributed by atoms with Gasteiger partial charge in [0.25, 0.3) is 0 Å². The molecule has 0 saturated carbocycles. The molecule has 1 saturated heterocycles. The molecule has 0 bridgehead atoms. The van der Waals surface area contributed by atoms with Gasteiger partial charge < -0.3 is 61.4 Å². The summed E-state index contributed by atoms with van der Waals surface area (Å²) < 4.78 is 10.4. The molecule has 1 aliphatic heterocycles. The van der Waals surface area contributed by atoms with E-state index in [0.29, 0.717) is 19.4 Å². The minimum Gasteiger partial charge on any atom is -0.480 e. The first kappa shape index (κ1) is 28.7. The molecule has 0 aromatic heterocycles. The fourth-order valence-corrected chi connectivity index (χ4v) is 3.05. The van der Waals surface area contributed by atoms with Gasteiger partial charge in [-0.2, -0.15) is 0 Å². The van der Waals surface area contributed by atoms with Gasteiger partial charge in [0.2, 0.25) is 0 Å². The lowest BCUT2D eigenvalue weighted by Crippen LogP contribution is -2.61. The standard InChI is InChI=1S/C18H34N2O12/c19-8(17(29)30)3-1-2-4-20-5-9(23)12(25)16(10(24)6-21)32-18-15(28)14(27)13(26)11(7-22)31-18/h8,10-16,18,20-22,24-28H,1-7,19H2,(H,29,30)/t8?,10-,11-,12-,13+,14+,15-,16-,18+/m1/s1. The number of rotatable bonds is 15. The largest absolute Gasteiger partial charge is 0.480 e. The molecule has 1 fully saturated rings. The van der Waals surface area contributed by atoms with Crippen LogP contribution >= 0.6 is 0 Å². The Hall–Kier alpha value is -1.30. The number of hydrogen-bond acceptors (Lipinski definition) is 13. The van der Waals surface area contributed by atoms with Gasteiger partial charge >= 0.3 is 5.97 Å². The molecule has 188 valence electrons. The molecule has 0 aromatic rings. The molecule has 1 rings (SSSR count). The maximum atomic E-state index is 12.3. The van der Waals surface area contributed by atoms with E-state index in [9.17, 15) is 45.3 Å². The van der Waals surface area contributed by atoms with Crippen molar-refractivity contribution < 1.29 is 59.9 Å². The van der Waals surface area contributed by atoms with E-state index >= 15 is 0 Å². The number of Topliss-reactive ketones (excluding diaryl/α,β-unsaturated/α-hetero) is 1. The molecule has 0 radical (unpaired) electrons. The summed E-state index contributed by atoms with van der Waals surface area (Å²) in [5, 5.41) is 79.8. The van der Waals surface area contributed by atoms with E-state index < -0.39 is 80.0 Å². The molecule has 0 spiro atoms. The number of nitrogens with one attached hydrogen (secondary N) is 1. The van der Waals surface area contributed by atoms with E-state index in [1.54, 1.807) is 0 Å². The average Bonchev–Trinajstić information content (AvgIpc) is 2.77. The third-order valence-electron chi connectivity index (χ3n) is 5.08. The predicted molar refractivity (Wildman–Crippen MR) is 105 cm³/mol. The number of aliphatic hydroxyl groups is 7. The maximum absolute atomic E-state index is 12.3. The van der Waals surface area contributed by atoms with Crippen LogP contribution < -0.4 is 11.1 Å². The fraction of sp³-hybridized carbons (Fsp3) is 0.889. The number of ketones is 1. The highest BCUT2D eigenvalue weighted by atomic mass is 16.7. The quantitative estimate of drug-likeness (QED) is 0.100. The molecule has 0 amide bonds. The van der Waals surface area contributed by atoms with Crippen molar-refractivity contribution in [2.75, 3.05) is 26.3 Å². The summed E-state index contributed by atoms with van der Waals surface area (Å²) in [6.07, 6.45) is -12.5. The van der Waals surface area contributed by atoms with Gasteiger partial charge in [0.05, 0.1) is 19.8 Å². The van der Waals surface area contributed by atoms with Crippen LogP contribution in [-0.4, -0.2) is 134 Å². The summed E-state index contributed by atoms with van der Waals surface area (Å²) in [6.45, 7) is -1.69. The van der Waals surface area contributed by atoms with Gasteiger partial charge in [-0.1, -0.05) is 6.42 Å². The zero-order chi connectivity index (χ0) is 24.4. The van der Waals surface area contributed by atoms with E-state index in [1.807, 2.05) is 0 Å². The van der Waals surface area contributed by atoms with Crippen LogP contribution in [0.2, 0.25) is 0 Å². The van der Waals surface area contributed by atoms with Crippen molar-refractivity contribution in [3.8, 4) is 0 Å². The van der Waals surface area contributed by atoms with Crippen LogP contribution in [0.1, 0.15) is 19.3 Å². The number of carboxylic acid groups (broad SMARTS) is 1. The Balaban J connectivity index is 2.61. The minimum absolute atomic E-state index is 0.255. The second kappa shape index (κ2) is 14.1. The SMILES string of the molecule is NC(CCCCNCC(=O)[C@@H](O)[C@H](O[C@@H]1O[C@H](CO)[C@H](O)[C@H](O)[C@H]1O)[C@H](O)CO)C(=O)O. The highest BCUT2D eigenvalue weighted by Crippen LogP contribution is 2.24. The van der Waals surface area contributed by atoms with Gasteiger partial charge in [-0.25, -0.2) is 0 Å². The lowest BCUT2D eigenvalue weighted by molar-refractivity contribution is -0.323. The summed E-state index contributed by atoms with van der Waals surface area (Å²) in [6, 6.07) is -0.973. The second-order valence-corrected chi connectivity index (χ2v) is 7.58. The monoisotopic (exact) mass is 470 g/mol. The first-order valence-electron chi connectivity index (χ1n) is 10.2. The normalized spacial score (nSPS) is 29.8. The van der Waals surface area contributed by atoms with Gasteiger partial charge in [-0.3, -0.25) is 9.59 Å². The number of ether oxygens (including phenoxy) is 2. The Morgan fingerprint density at radius 1 is 1.06 bits per heavy atom.